The number of halogens is 2. The fourth-order valence-corrected chi connectivity index (χ4v) is 3.72. The first-order valence-electron chi connectivity index (χ1n) is 9.13. The second-order valence-electron chi connectivity index (χ2n) is 6.18. The third-order valence-electron chi connectivity index (χ3n) is 4.07. The fourth-order valence-electron chi connectivity index (χ4n) is 2.64. The predicted octanol–water partition coefficient (Wildman–Crippen LogP) is 4.05. The van der Waals surface area contributed by atoms with Crippen LogP contribution in [0.4, 0.5) is 9.18 Å². The number of hydrogen-bond donors (Lipinski definition) is 2. The molecule has 0 spiro atoms. The van der Waals surface area contributed by atoms with Crippen LogP contribution >= 0.6 is 23.4 Å². The van der Waals surface area contributed by atoms with Crippen LogP contribution in [0, 0.1) is 5.82 Å². The first-order chi connectivity index (χ1) is 14.4. The van der Waals surface area contributed by atoms with E-state index in [-0.39, 0.29) is 10.8 Å². The molecule has 0 saturated carbocycles. The van der Waals surface area contributed by atoms with Gasteiger partial charge in [0.05, 0.1) is 16.0 Å². The maximum atomic E-state index is 14.6. The number of amides is 3. The largest absolute Gasteiger partial charge is 0.338 e. The van der Waals surface area contributed by atoms with Crippen molar-refractivity contribution in [1.29, 1.82) is 0 Å². The number of aromatic nitrogens is 3. The molecule has 1 atom stereocenters. The summed E-state index contributed by atoms with van der Waals surface area (Å²) in [5, 5.41) is 13.1. The van der Waals surface area contributed by atoms with Crippen molar-refractivity contribution >= 4 is 35.3 Å². The van der Waals surface area contributed by atoms with Crippen LogP contribution in [0.15, 0.2) is 53.7 Å². The lowest BCUT2D eigenvalue weighted by molar-refractivity contribution is -0.119. The SMILES string of the molecule is CCNC(=O)NC(=O)C(C)Sc1nnc(-c2ccccc2Cl)n1-c1ccccc1F. The van der Waals surface area contributed by atoms with Crippen molar-refractivity contribution in [3.8, 4) is 17.1 Å². The molecule has 2 aromatic carbocycles. The Morgan fingerprint density at radius 1 is 1.17 bits per heavy atom. The maximum absolute atomic E-state index is 14.6. The van der Waals surface area contributed by atoms with Gasteiger partial charge in [0.2, 0.25) is 5.91 Å². The van der Waals surface area contributed by atoms with E-state index in [4.69, 9.17) is 11.6 Å². The van der Waals surface area contributed by atoms with Crippen molar-refractivity contribution in [2.24, 2.45) is 0 Å². The van der Waals surface area contributed by atoms with Gasteiger partial charge in [0.25, 0.3) is 0 Å². The fraction of sp³-hybridized carbons (Fsp3) is 0.200. The molecule has 3 rings (SSSR count). The van der Waals surface area contributed by atoms with Crippen LogP contribution in [0.3, 0.4) is 0 Å². The third-order valence-corrected chi connectivity index (χ3v) is 5.44. The van der Waals surface area contributed by atoms with Gasteiger partial charge in [-0.2, -0.15) is 0 Å². The lowest BCUT2D eigenvalue weighted by Gasteiger charge is -2.14. The van der Waals surface area contributed by atoms with E-state index in [0.29, 0.717) is 23.0 Å². The number of hydrogen-bond acceptors (Lipinski definition) is 5. The summed E-state index contributed by atoms with van der Waals surface area (Å²) < 4.78 is 16.1. The Labute approximate surface area is 182 Å². The van der Waals surface area contributed by atoms with E-state index in [1.54, 1.807) is 56.3 Å². The number of nitrogens with one attached hydrogen (secondary N) is 2. The van der Waals surface area contributed by atoms with Crippen molar-refractivity contribution in [3.63, 3.8) is 0 Å². The third kappa shape index (κ3) is 4.80. The van der Waals surface area contributed by atoms with E-state index in [1.807, 2.05) is 0 Å². The number of nitrogens with zero attached hydrogens (tertiary/aromatic N) is 3. The molecule has 3 amide bonds. The Morgan fingerprint density at radius 2 is 1.87 bits per heavy atom. The summed E-state index contributed by atoms with van der Waals surface area (Å²) in [5.41, 5.74) is 0.789. The first-order valence-corrected chi connectivity index (χ1v) is 10.4. The van der Waals surface area contributed by atoms with Gasteiger partial charge in [-0.05, 0) is 38.1 Å². The molecule has 0 aliphatic rings. The van der Waals surface area contributed by atoms with Gasteiger partial charge in [0, 0.05) is 12.1 Å². The van der Waals surface area contributed by atoms with Crippen LogP contribution in [0.25, 0.3) is 17.1 Å². The van der Waals surface area contributed by atoms with Crippen molar-refractivity contribution in [2.75, 3.05) is 6.54 Å². The zero-order valence-electron chi connectivity index (χ0n) is 16.2. The molecule has 1 heterocycles. The van der Waals surface area contributed by atoms with Gasteiger partial charge >= 0.3 is 6.03 Å². The summed E-state index contributed by atoms with van der Waals surface area (Å²) in [6, 6.07) is 12.6. The highest BCUT2D eigenvalue weighted by Gasteiger charge is 2.24. The minimum absolute atomic E-state index is 0.219. The maximum Gasteiger partial charge on any atom is 0.321 e. The van der Waals surface area contributed by atoms with E-state index < -0.39 is 23.0 Å². The monoisotopic (exact) mass is 447 g/mol. The van der Waals surface area contributed by atoms with Crippen molar-refractivity contribution < 1.29 is 14.0 Å². The molecule has 1 aromatic heterocycles. The molecule has 10 heteroatoms. The predicted molar refractivity (Wildman–Crippen MR) is 114 cm³/mol. The highest BCUT2D eigenvalue weighted by Crippen LogP contribution is 2.33. The molecule has 0 aliphatic carbocycles. The van der Waals surface area contributed by atoms with Gasteiger partial charge < -0.3 is 5.32 Å². The summed E-state index contributed by atoms with van der Waals surface area (Å²) in [4.78, 5) is 24.0. The number of carbonyl (C=O) groups is 2. The van der Waals surface area contributed by atoms with E-state index >= 15 is 0 Å². The van der Waals surface area contributed by atoms with Crippen LogP contribution in [0.5, 0.6) is 0 Å². The molecule has 0 saturated heterocycles. The summed E-state index contributed by atoms with van der Waals surface area (Å²) in [6.07, 6.45) is 0. The quantitative estimate of drug-likeness (QED) is 0.556. The highest BCUT2D eigenvalue weighted by molar-refractivity contribution is 8.00. The molecule has 2 N–H and O–H groups in total. The van der Waals surface area contributed by atoms with Crippen molar-refractivity contribution in [2.45, 2.75) is 24.3 Å². The minimum atomic E-state index is -0.693. The van der Waals surface area contributed by atoms with E-state index in [2.05, 4.69) is 20.8 Å². The second kappa shape index (κ2) is 9.73. The molecule has 30 heavy (non-hydrogen) atoms. The molecule has 1 unspecified atom stereocenters. The van der Waals surface area contributed by atoms with E-state index in [1.165, 1.54) is 10.6 Å². The molecule has 0 aliphatic heterocycles. The number of rotatable bonds is 6. The Kier molecular flexibility index (Phi) is 7.07. The van der Waals surface area contributed by atoms with Crippen LogP contribution in [-0.2, 0) is 4.79 Å². The first kappa shape index (κ1) is 21.8. The lowest BCUT2D eigenvalue weighted by Crippen LogP contribution is -2.42. The van der Waals surface area contributed by atoms with Crippen LogP contribution in [0.1, 0.15) is 13.8 Å². The molecule has 0 bridgehead atoms. The van der Waals surface area contributed by atoms with E-state index in [0.717, 1.165) is 11.8 Å². The van der Waals surface area contributed by atoms with Crippen LogP contribution in [-0.4, -0.2) is 38.5 Å². The number of carbonyl (C=O) groups excluding carboxylic acids is 2. The van der Waals surface area contributed by atoms with Gasteiger partial charge in [-0.15, -0.1) is 10.2 Å². The number of benzene rings is 2. The van der Waals surface area contributed by atoms with Gasteiger partial charge in [-0.1, -0.05) is 47.6 Å². The summed E-state index contributed by atoms with van der Waals surface area (Å²) in [6.45, 7) is 3.76. The lowest BCUT2D eigenvalue weighted by atomic mass is 10.2. The number of para-hydroxylation sites is 1. The molecule has 0 fully saturated rings. The van der Waals surface area contributed by atoms with Crippen LogP contribution < -0.4 is 10.6 Å². The van der Waals surface area contributed by atoms with Gasteiger partial charge in [0.1, 0.15) is 5.82 Å². The molecular formula is C20H19ClFN5O2S. The van der Waals surface area contributed by atoms with Gasteiger partial charge in [0.15, 0.2) is 11.0 Å². The Hall–Kier alpha value is -2.91. The number of urea groups is 1. The normalized spacial score (nSPS) is 11.7. The number of imide groups is 1. The summed E-state index contributed by atoms with van der Waals surface area (Å²) in [5.74, 6) is -0.648. The molecule has 156 valence electrons. The Bertz CT molecular complexity index is 1070. The molecule has 3 aromatic rings. The smallest absolute Gasteiger partial charge is 0.321 e. The van der Waals surface area contributed by atoms with Crippen LogP contribution in [0.2, 0.25) is 5.02 Å². The summed E-state index contributed by atoms with van der Waals surface area (Å²) in [7, 11) is 0. The average molecular weight is 448 g/mol. The van der Waals surface area contributed by atoms with Gasteiger partial charge in [-0.25, -0.2) is 9.18 Å². The van der Waals surface area contributed by atoms with E-state index in [9.17, 15) is 14.0 Å². The molecule has 0 radical (unpaired) electrons. The van der Waals surface area contributed by atoms with Gasteiger partial charge in [-0.3, -0.25) is 14.7 Å². The topological polar surface area (TPSA) is 88.9 Å². The second-order valence-corrected chi connectivity index (χ2v) is 7.90. The Morgan fingerprint density at radius 3 is 2.57 bits per heavy atom. The minimum Gasteiger partial charge on any atom is -0.338 e. The standard InChI is InChI=1S/C20H19ClFN5O2S/c1-3-23-19(29)24-18(28)12(2)30-20-26-25-17(13-8-4-5-9-14(13)21)27(20)16-11-7-6-10-15(16)22/h4-12H,3H2,1-2H3,(H2,23,24,28,29). The molecule has 7 nitrogen and oxygen atoms in total. The average Bonchev–Trinajstić information content (AvgIpc) is 3.11. The van der Waals surface area contributed by atoms with Crippen molar-refractivity contribution in [3.05, 3.63) is 59.4 Å². The number of thioether (sulfide) groups is 1. The molecular weight excluding hydrogens is 429 g/mol. The zero-order valence-corrected chi connectivity index (χ0v) is 17.8. The summed E-state index contributed by atoms with van der Waals surface area (Å²) >= 11 is 7.37. The van der Waals surface area contributed by atoms with Crippen molar-refractivity contribution in [1.82, 2.24) is 25.4 Å². The zero-order chi connectivity index (χ0) is 21.7. The highest BCUT2D eigenvalue weighted by atomic mass is 35.5. The Balaban J connectivity index is 2.00.